The third-order valence-electron chi connectivity index (χ3n) is 2.39. The number of hydrogen-bond acceptors (Lipinski definition) is 1. The zero-order valence-corrected chi connectivity index (χ0v) is 10.1. The van der Waals surface area contributed by atoms with E-state index in [1.807, 2.05) is 6.92 Å². The van der Waals surface area contributed by atoms with Gasteiger partial charge in [-0.05, 0) is 12.8 Å². The van der Waals surface area contributed by atoms with Crippen LogP contribution in [0, 0.1) is 5.92 Å². The number of carboxylic acid groups (broad SMARTS) is 1. The molecule has 1 N–H and O–H groups in total. The van der Waals surface area contributed by atoms with E-state index in [4.69, 9.17) is 5.11 Å². The maximum absolute atomic E-state index is 10.8. The fourth-order valence-electron chi connectivity index (χ4n) is 1.56. The lowest BCUT2D eigenvalue weighted by molar-refractivity contribution is -0.142. The second-order valence-electron chi connectivity index (χ2n) is 3.67. The molecule has 0 amide bonds. The minimum atomic E-state index is -0.613. The van der Waals surface area contributed by atoms with Crippen molar-refractivity contribution in [3.8, 4) is 0 Å². The normalized spacial score (nSPS) is 11.9. The quantitative estimate of drug-likeness (QED) is 0.633. The van der Waals surface area contributed by atoms with E-state index in [1.54, 1.807) is 0 Å². The van der Waals surface area contributed by atoms with Crippen molar-refractivity contribution in [3.05, 3.63) is 0 Å². The zero-order valence-electron chi connectivity index (χ0n) is 9.29. The van der Waals surface area contributed by atoms with Gasteiger partial charge in [0.15, 0.2) is 0 Å². The summed E-state index contributed by atoms with van der Waals surface area (Å²) in [5.41, 5.74) is 0. The molecule has 14 heavy (non-hydrogen) atoms. The Morgan fingerprint density at radius 3 is 2.14 bits per heavy atom. The highest BCUT2D eigenvalue weighted by Gasteiger charge is 2.14. The molecule has 2 nitrogen and oxygen atoms in total. The first kappa shape index (κ1) is 16.2. The molecule has 0 spiro atoms. The average molecular weight is 223 g/mol. The zero-order chi connectivity index (χ0) is 10.1. The van der Waals surface area contributed by atoms with E-state index in [9.17, 15) is 4.79 Å². The van der Waals surface area contributed by atoms with E-state index in [2.05, 4.69) is 6.92 Å². The Balaban J connectivity index is 0. The second kappa shape index (κ2) is 10.8. The molecule has 0 aromatic rings. The fourth-order valence-corrected chi connectivity index (χ4v) is 1.56. The van der Waals surface area contributed by atoms with Crippen LogP contribution < -0.4 is 0 Å². The van der Waals surface area contributed by atoms with E-state index in [-0.39, 0.29) is 18.3 Å². The summed E-state index contributed by atoms with van der Waals surface area (Å²) >= 11 is 0. The van der Waals surface area contributed by atoms with Gasteiger partial charge in [0.2, 0.25) is 0 Å². The van der Waals surface area contributed by atoms with Gasteiger partial charge in [0, 0.05) is 0 Å². The molecule has 0 aliphatic rings. The van der Waals surface area contributed by atoms with E-state index in [1.165, 1.54) is 19.3 Å². The van der Waals surface area contributed by atoms with Crippen molar-refractivity contribution in [2.75, 3.05) is 0 Å². The summed E-state index contributed by atoms with van der Waals surface area (Å²) in [5.74, 6) is -0.708. The fraction of sp³-hybridized carbons (Fsp3) is 0.909. The summed E-state index contributed by atoms with van der Waals surface area (Å²) in [6.07, 6.45) is 7.38. The average Bonchev–Trinajstić information content (AvgIpc) is 2.10. The van der Waals surface area contributed by atoms with E-state index in [0.717, 1.165) is 25.7 Å². The number of hydrogen-bond donors (Lipinski definition) is 1. The van der Waals surface area contributed by atoms with Gasteiger partial charge in [0.25, 0.3) is 0 Å². The Morgan fingerprint density at radius 1 is 1.07 bits per heavy atom. The number of rotatable bonds is 8. The molecule has 0 fully saturated rings. The van der Waals surface area contributed by atoms with Gasteiger partial charge in [-0.15, -0.1) is 12.4 Å². The number of aliphatic carboxylic acids is 1. The monoisotopic (exact) mass is 222 g/mol. The second-order valence-corrected chi connectivity index (χ2v) is 3.67. The van der Waals surface area contributed by atoms with Gasteiger partial charge in [0.1, 0.15) is 0 Å². The van der Waals surface area contributed by atoms with Crippen LogP contribution in [0.1, 0.15) is 58.8 Å². The lowest BCUT2D eigenvalue weighted by Crippen LogP contribution is -2.13. The molecule has 0 rings (SSSR count). The number of halogens is 1. The molecule has 0 saturated carbocycles. The van der Waals surface area contributed by atoms with Gasteiger partial charge >= 0.3 is 5.97 Å². The van der Waals surface area contributed by atoms with Gasteiger partial charge in [-0.2, -0.15) is 0 Å². The van der Waals surface area contributed by atoms with E-state index in [0.29, 0.717) is 0 Å². The van der Waals surface area contributed by atoms with Crippen LogP contribution in [0.4, 0.5) is 0 Å². The third-order valence-corrected chi connectivity index (χ3v) is 2.39. The molecule has 0 aliphatic carbocycles. The standard InChI is InChI=1S/C11H22O2.ClH/c1-3-5-6-7-9-10(8-4-2)11(12)13;/h10H,3-9H2,1-2H3,(H,12,13);1H. The van der Waals surface area contributed by atoms with E-state index < -0.39 is 5.97 Å². The lowest BCUT2D eigenvalue weighted by atomic mass is 9.96. The topological polar surface area (TPSA) is 37.3 Å². The van der Waals surface area contributed by atoms with Crippen molar-refractivity contribution in [1.82, 2.24) is 0 Å². The van der Waals surface area contributed by atoms with Crippen molar-refractivity contribution in [1.29, 1.82) is 0 Å². The van der Waals surface area contributed by atoms with Crippen LogP contribution in [0.5, 0.6) is 0 Å². The summed E-state index contributed by atoms with van der Waals surface area (Å²) in [5, 5.41) is 8.86. The maximum atomic E-state index is 10.8. The molecule has 86 valence electrons. The molecule has 0 aliphatic heterocycles. The van der Waals surface area contributed by atoms with Crippen molar-refractivity contribution in [2.45, 2.75) is 58.8 Å². The van der Waals surface area contributed by atoms with Gasteiger partial charge < -0.3 is 5.11 Å². The predicted octanol–water partition coefficient (Wildman–Crippen LogP) is 3.88. The van der Waals surface area contributed by atoms with Gasteiger partial charge in [0.05, 0.1) is 5.92 Å². The van der Waals surface area contributed by atoms with Gasteiger partial charge in [-0.25, -0.2) is 0 Å². The van der Waals surface area contributed by atoms with Gasteiger partial charge in [-0.1, -0.05) is 46.0 Å². The van der Waals surface area contributed by atoms with Crippen LogP contribution in [0.3, 0.4) is 0 Å². The Hall–Kier alpha value is -0.240. The SMILES string of the molecule is CCCCCCC(CCC)C(=O)O.Cl. The lowest BCUT2D eigenvalue weighted by Gasteiger charge is -2.09. The number of carboxylic acids is 1. The molecule has 0 bridgehead atoms. The Morgan fingerprint density at radius 2 is 1.71 bits per heavy atom. The summed E-state index contributed by atoms with van der Waals surface area (Å²) in [6.45, 7) is 4.21. The maximum Gasteiger partial charge on any atom is 0.306 e. The van der Waals surface area contributed by atoms with E-state index >= 15 is 0 Å². The van der Waals surface area contributed by atoms with Crippen LogP contribution in [0.25, 0.3) is 0 Å². The number of carbonyl (C=O) groups is 1. The molecule has 1 atom stereocenters. The Labute approximate surface area is 93.5 Å². The Kier molecular flexibility index (Phi) is 12.5. The smallest absolute Gasteiger partial charge is 0.306 e. The van der Waals surface area contributed by atoms with Gasteiger partial charge in [-0.3, -0.25) is 4.79 Å². The molecular weight excluding hydrogens is 200 g/mol. The molecule has 1 unspecified atom stereocenters. The minimum absolute atomic E-state index is 0. The molecule has 0 aromatic carbocycles. The highest BCUT2D eigenvalue weighted by atomic mass is 35.5. The number of unbranched alkanes of at least 4 members (excludes halogenated alkanes) is 3. The summed E-state index contributed by atoms with van der Waals surface area (Å²) in [6, 6.07) is 0. The van der Waals surface area contributed by atoms with Crippen molar-refractivity contribution >= 4 is 18.4 Å². The van der Waals surface area contributed by atoms with Crippen LogP contribution in [0.15, 0.2) is 0 Å². The highest BCUT2D eigenvalue weighted by molar-refractivity contribution is 5.85. The highest BCUT2D eigenvalue weighted by Crippen LogP contribution is 2.16. The van der Waals surface area contributed by atoms with Crippen LogP contribution >= 0.6 is 12.4 Å². The van der Waals surface area contributed by atoms with Crippen molar-refractivity contribution in [3.63, 3.8) is 0 Å². The molecule has 0 aromatic heterocycles. The van der Waals surface area contributed by atoms with Crippen LogP contribution in [0.2, 0.25) is 0 Å². The molecule has 3 heteroatoms. The van der Waals surface area contributed by atoms with Crippen LogP contribution in [-0.4, -0.2) is 11.1 Å². The molecular formula is C11H23ClO2. The summed E-state index contributed by atoms with van der Waals surface area (Å²) in [7, 11) is 0. The Bertz CT molecular complexity index is 137. The molecule has 0 saturated heterocycles. The molecule has 0 radical (unpaired) electrons. The third kappa shape index (κ3) is 8.36. The first-order chi connectivity index (χ1) is 6.22. The van der Waals surface area contributed by atoms with Crippen LogP contribution in [-0.2, 0) is 4.79 Å². The summed E-state index contributed by atoms with van der Waals surface area (Å²) < 4.78 is 0. The minimum Gasteiger partial charge on any atom is -0.481 e. The first-order valence-corrected chi connectivity index (χ1v) is 5.45. The molecule has 0 heterocycles. The largest absolute Gasteiger partial charge is 0.481 e. The summed E-state index contributed by atoms with van der Waals surface area (Å²) in [4.78, 5) is 10.8. The predicted molar refractivity (Wildman–Crippen MR) is 62.0 cm³/mol. The van der Waals surface area contributed by atoms with Crippen molar-refractivity contribution in [2.24, 2.45) is 5.92 Å². The first-order valence-electron chi connectivity index (χ1n) is 5.45. The van der Waals surface area contributed by atoms with Crippen molar-refractivity contribution < 1.29 is 9.90 Å².